The van der Waals surface area contributed by atoms with Crippen molar-refractivity contribution >= 4 is 23.5 Å². The summed E-state index contributed by atoms with van der Waals surface area (Å²) in [5, 5.41) is 9.66. The van der Waals surface area contributed by atoms with Gasteiger partial charge in [0.2, 0.25) is 5.91 Å². The van der Waals surface area contributed by atoms with Crippen LogP contribution in [0.4, 0.5) is 0 Å². The number of nitrogens with zero attached hydrogens (tertiary/aromatic N) is 1. The molecule has 0 aromatic heterocycles. The Balaban J connectivity index is 1.88. The molecular formula is C17H22ClNO4. The Kier molecular flexibility index (Phi) is 5.88. The number of carboxylic acids is 1. The van der Waals surface area contributed by atoms with E-state index < -0.39 is 5.97 Å². The molecule has 126 valence electrons. The van der Waals surface area contributed by atoms with E-state index >= 15 is 0 Å². The van der Waals surface area contributed by atoms with Gasteiger partial charge in [-0.1, -0.05) is 24.6 Å². The van der Waals surface area contributed by atoms with Crippen molar-refractivity contribution in [3.05, 3.63) is 28.8 Å². The molecule has 1 saturated heterocycles. The topological polar surface area (TPSA) is 66.8 Å². The second-order valence-electron chi connectivity index (χ2n) is 6.02. The van der Waals surface area contributed by atoms with Gasteiger partial charge in [0.25, 0.3) is 0 Å². The minimum atomic E-state index is -0.766. The molecule has 2 atom stereocenters. The number of halogens is 1. The summed E-state index contributed by atoms with van der Waals surface area (Å²) < 4.78 is 5.11. The lowest BCUT2D eigenvalue weighted by atomic mass is 9.87. The van der Waals surface area contributed by atoms with Crippen LogP contribution in [0, 0.1) is 11.8 Å². The molecule has 1 N–H and O–H groups in total. The highest BCUT2D eigenvalue weighted by atomic mass is 35.5. The molecule has 1 fully saturated rings. The summed E-state index contributed by atoms with van der Waals surface area (Å²) >= 11 is 6.08. The monoisotopic (exact) mass is 339 g/mol. The van der Waals surface area contributed by atoms with Crippen LogP contribution in [0.3, 0.4) is 0 Å². The highest BCUT2D eigenvalue weighted by Crippen LogP contribution is 2.26. The fourth-order valence-electron chi connectivity index (χ4n) is 3.01. The minimum Gasteiger partial charge on any atom is -0.495 e. The maximum absolute atomic E-state index is 12.3. The lowest BCUT2D eigenvalue weighted by Gasteiger charge is -2.35. The average Bonchev–Trinajstić information content (AvgIpc) is 2.52. The number of ether oxygens (including phenoxy) is 1. The molecule has 1 aromatic rings. The molecule has 5 nitrogen and oxygen atoms in total. The summed E-state index contributed by atoms with van der Waals surface area (Å²) in [6.45, 7) is 2.92. The van der Waals surface area contributed by atoms with Crippen LogP contribution in [0.1, 0.15) is 25.3 Å². The van der Waals surface area contributed by atoms with Gasteiger partial charge < -0.3 is 14.7 Å². The molecule has 0 saturated carbocycles. The van der Waals surface area contributed by atoms with E-state index in [1.54, 1.807) is 18.1 Å². The third-order valence-corrected chi connectivity index (χ3v) is 4.71. The van der Waals surface area contributed by atoms with E-state index in [1.165, 1.54) is 0 Å². The first-order chi connectivity index (χ1) is 10.9. The number of aryl methyl sites for hydroxylation is 1. The number of methoxy groups -OCH3 is 1. The van der Waals surface area contributed by atoms with Crippen LogP contribution in [0.2, 0.25) is 5.02 Å². The fourth-order valence-corrected chi connectivity index (χ4v) is 3.29. The number of hydrogen-bond acceptors (Lipinski definition) is 3. The molecule has 1 aromatic carbocycles. The number of likely N-dealkylation sites (tertiary alicyclic amines) is 1. The molecule has 2 unspecified atom stereocenters. The van der Waals surface area contributed by atoms with Crippen molar-refractivity contribution in [2.75, 3.05) is 20.2 Å². The Bertz CT molecular complexity index is 590. The minimum absolute atomic E-state index is 0.0133. The molecule has 1 heterocycles. The highest BCUT2D eigenvalue weighted by molar-refractivity contribution is 6.32. The van der Waals surface area contributed by atoms with Crippen molar-refractivity contribution in [1.29, 1.82) is 0 Å². The fraction of sp³-hybridized carbons (Fsp3) is 0.529. The molecule has 1 aliphatic rings. The molecule has 0 bridgehead atoms. The normalized spacial score (nSPS) is 21.1. The number of piperidine rings is 1. The summed E-state index contributed by atoms with van der Waals surface area (Å²) in [6, 6.07) is 5.51. The van der Waals surface area contributed by atoms with Crippen molar-refractivity contribution in [3.63, 3.8) is 0 Å². The van der Waals surface area contributed by atoms with E-state index in [2.05, 4.69) is 0 Å². The quantitative estimate of drug-likeness (QED) is 0.895. The Morgan fingerprint density at radius 1 is 1.43 bits per heavy atom. The smallest absolute Gasteiger partial charge is 0.306 e. The molecule has 1 amide bonds. The van der Waals surface area contributed by atoms with E-state index in [0.717, 1.165) is 5.56 Å². The first kappa shape index (κ1) is 17.6. The van der Waals surface area contributed by atoms with Crippen LogP contribution in [-0.4, -0.2) is 42.1 Å². The number of benzene rings is 1. The number of amides is 1. The molecular weight excluding hydrogens is 318 g/mol. The zero-order valence-corrected chi connectivity index (χ0v) is 14.2. The number of hydrogen-bond donors (Lipinski definition) is 1. The number of rotatable bonds is 5. The molecule has 0 spiro atoms. The lowest BCUT2D eigenvalue weighted by Crippen LogP contribution is -2.45. The Hall–Kier alpha value is -1.75. The third-order valence-electron chi connectivity index (χ3n) is 4.42. The van der Waals surface area contributed by atoms with Gasteiger partial charge in [0.15, 0.2) is 0 Å². The largest absolute Gasteiger partial charge is 0.495 e. The summed E-state index contributed by atoms with van der Waals surface area (Å²) in [5.41, 5.74) is 0.984. The molecule has 6 heteroatoms. The van der Waals surface area contributed by atoms with Crippen LogP contribution in [-0.2, 0) is 16.0 Å². The van der Waals surface area contributed by atoms with Crippen LogP contribution < -0.4 is 4.74 Å². The molecule has 0 radical (unpaired) electrons. The van der Waals surface area contributed by atoms with Crippen LogP contribution in [0.5, 0.6) is 5.75 Å². The first-order valence-electron chi connectivity index (χ1n) is 7.75. The van der Waals surface area contributed by atoms with E-state index in [1.807, 2.05) is 19.1 Å². The highest BCUT2D eigenvalue weighted by Gasteiger charge is 2.32. The van der Waals surface area contributed by atoms with Crippen LogP contribution >= 0.6 is 11.6 Å². The maximum atomic E-state index is 12.3. The number of carbonyl (C=O) groups excluding carboxylic acids is 1. The molecule has 1 aliphatic heterocycles. The second-order valence-corrected chi connectivity index (χ2v) is 6.43. The van der Waals surface area contributed by atoms with Gasteiger partial charge in [-0.15, -0.1) is 0 Å². The SMILES string of the molecule is COc1ccc(CCC(=O)N2CCC(C(=O)O)C(C)C2)cc1Cl. The predicted molar refractivity (Wildman–Crippen MR) is 87.8 cm³/mol. The van der Waals surface area contributed by atoms with Gasteiger partial charge in [-0.3, -0.25) is 9.59 Å². The zero-order valence-electron chi connectivity index (χ0n) is 13.4. The van der Waals surface area contributed by atoms with Gasteiger partial charge >= 0.3 is 5.97 Å². The van der Waals surface area contributed by atoms with Crippen LogP contribution in [0.15, 0.2) is 18.2 Å². The lowest BCUT2D eigenvalue weighted by molar-refractivity contribution is -0.148. The molecule has 0 aliphatic carbocycles. The predicted octanol–water partition coefficient (Wildman–Crippen LogP) is 2.85. The number of carboxylic acid groups (broad SMARTS) is 1. The van der Waals surface area contributed by atoms with Gasteiger partial charge in [-0.2, -0.15) is 0 Å². The Morgan fingerprint density at radius 2 is 2.17 bits per heavy atom. The maximum Gasteiger partial charge on any atom is 0.306 e. The van der Waals surface area contributed by atoms with Crippen molar-refractivity contribution in [2.24, 2.45) is 11.8 Å². The number of aliphatic carboxylic acids is 1. The Labute approximate surface area is 141 Å². The van der Waals surface area contributed by atoms with Gasteiger partial charge in [0.1, 0.15) is 5.75 Å². The third kappa shape index (κ3) is 4.38. The molecule has 23 heavy (non-hydrogen) atoms. The van der Waals surface area contributed by atoms with E-state index in [4.69, 9.17) is 21.4 Å². The van der Waals surface area contributed by atoms with E-state index in [-0.39, 0.29) is 17.7 Å². The molecule has 2 rings (SSSR count). The van der Waals surface area contributed by atoms with Gasteiger partial charge in [0.05, 0.1) is 18.1 Å². The van der Waals surface area contributed by atoms with Crippen LogP contribution in [0.25, 0.3) is 0 Å². The summed E-state index contributed by atoms with van der Waals surface area (Å²) in [6.07, 6.45) is 1.53. The standard InChI is InChI=1S/C17H22ClNO4/c1-11-10-19(8-7-13(11)17(21)22)16(20)6-4-12-3-5-15(23-2)14(18)9-12/h3,5,9,11,13H,4,6-8,10H2,1-2H3,(H,21,22). The van der Waals surface area contributed by atoms with Gasteiger partial charge in [-0.05, 0) is 36.5 Å². The van der Waals surface area contributed by atoms with Crippen molar-refractivity contribution in [2.45, 2.75) is 26.2 Å². The zero-order chi connectivity index (χ0) is 17.0. The summed E-state index contributed by atoms with van der Waals surface area (Å²) in [7, 11) is 1.56. The van der Waals surface area contributed by atoms with Gasteiger partial charge in [-0.25, -0.2) is 0 Å². The summed E-state index contributed by atoms with van der Waals surface area (Å²) in [4.78, 5) is 25.2. The van der Waals surface area contributed by atoms with Crippen molar-refractivity contribution in [3.8, 4) is 5.75 Å². The van der Waals surface area contributed by atoms with E-state index in [0.29, 0.717) is 43.1 Å². The average molecular weight is 340 g/mol. The summed E-state index contributed by atoms with van der Waals surface area (Å²) in [5.74, 6) is -0.448. The van der Waals surface area contributed by atoms with Crippen molar-refractivity contribution in [1.82, 2.24) is 4.90 Å². The van der Waals surface area contributed by atoms with E-state index in [9.17, 15) is 9.59 Å². The first-order valence-corrected chi connectivity index (χ1v) is 8.13. The Morgan fingerprint density at radius 3 is 2.74 bits per heavy atom. The second kappa shape index (κ2) is 7.68. The van der Waals surface area contributed by atoms with Crippen molar-refractivity contribution < 1.29 is 19.4 Å². The number of carbonyl (C=O) groups is 2. The van der Waals surface area contributed by atoms with Gasteiger partial charge in [0, 0.05) is 19.5 Å².